The van der Waals surface area contributed by atoms with Gasteiger partial charge in [0, 0.05) is 10.6 Å². The number of hydrogen-bond acceptors (Lipinski definition) is 5. The molecule has 2 N–H and O–H groups in total. The highest BCUT2D eigenvalue weighted by atomic mass is 79.9. The highest BCUT2D eigenvalue weighted by Gasteiger charge is 2.24. The highest BCUT2D eigenvalue weighted by Crippen LogP contribution is 2.36. The second-order valence-electron chi connectivity index (χ2n) is 8.74. The Morgan fingerprint density at radius 3 is 2.38 bits per heavy atom. The fraction of sp³-hybridized carbons (Fsp3) is 0.250. The van der Waals surface area contributed by atoms with E-state index in [1.807, 2.05) is 51.1 Å². The van der Waals surface area contributed by atoms with Gasteiger partial charge in [-0.05, 0) is 76.3 Å². The molecule has 0 saturated carbocycles. The van der Waals surface area contributed by atoms with Crippen LogP contribution in [0.2, 0.25) is 5.02 Å². The molecular formula is C28H29BrClN3O4. The maximum atomic E-state index is 12.8. The number of amides is 2. The summed E-state index contributed by atoms with van der Waals surface area (Å²) in [5.74, 6) is 0.117. The number of rotatable bonds is 10. The Morgan fingerprint density at radius 2 is 1.76 bits per heavy atom. The molecule has 0 bridgehead atoms. The predicted molar refractivity (Wildman–Crippen MR) is 149 cm³/mol. The first-order valence-corrected chi connectivity index (χ1v) is 12.8. The van der Waals surface area contributed by atoms with E-state index in [1.165, 1.54) is 11.8 Å². The molecule has 7 nitrogen and oxygen atoms in total. The molecule has 1 unspecified atom stereocenters. The van der Waals surface area contributed by atoms with Crippen LogP contribution >= 0.6 is 27.5 Å². The third kappa shape index (κ3) is 8.06. The second-order valence-corrected chi connectivity index (χ2v) is 10.0. The molecule has 0 aliphatic rings. The van der Waals surface area contributed by atoms with Crippen LogP contribution in [0.15, 0.2) is 70.2 Å². The Hall–Kier alpha value is -3.36. The number of aryl methyl sites for hydroxylation is 1. The molecule has 0 saturated heterocycles. The SMILES string of the molecule is COc1cc(C=NNC(=O)C(NC(=O)c2ccc(Cl)cc2)C(C)C)cc(Br)c1OCc1ccc(C)cc1. The number of ether oxygens (including phenoxy) is 2. The Balaban J connectivity index is 1.65. The van der Waals surface area contributed by atoms with Crippen LogP contribution in [-0.4, -0.2) is 31.2 Å². The molecule has 3 aromatic carbocycles. The van der Waals surface area contributed by atoms with E-state index in [2.05, 4.69) is 31.8 Å². The van der Waals surface area contributed by atoms with Gasteiger partial charge in [0.1, 0.15) is 12.6 Å². The number of methoxy groups -OCH3 is 1. The second kappa shape index (κ2) is 13.3. The topological polar surface area (TPSA) is 89.0 Å². The molecule has 0 radical (unpaired) electrons. The van der Waals surface area contributed by atoms with Crippen molar-refractivity contribution < 1.29 is 19.1 Å². The van der Waals surface area contributed by atoms with Crippen LogP contribution in [0.1, 0.15) is 40.9 Å². The number of nitrogens with one attached hydrogen (secondary N) is 2. The molecular weight excluding hydrogens is 558 g/mol. The van der Waals surface area contributed by atoms with E-state index in [0.717, 1.165) is 5.56 Å². The summed E-state index contributed by atoms with van der Waals surface area (Å²) in [6, 6.07) is 17.3. The predicted octanol–water partition coefficient (Wildman–Crippen LogP) is 5.90. The van der Waals surface area contributed by atoms with E-state index in [1.54, 1.807) is 37.4 Å². The average molecular weight is 587 g/mol. The molecule has 0 aliphatic heterocycles. The van der Waals surface area contributed by atoms with E-state index >= 15 is 0 Å². The monoisotopic (exact) mass is 585 g/mol. The van der Waals surface area contributed by atoms with Crippen molar-refractivity contribution in [2.75, 3.05) is 7.11 Å². The molecule has 0 aromatic heterocycles. The summed E-state index contributed by atoms with van der Waals surface area (Å²) in [6.07, 6.45) is 1.49. The molecule has 37 heavy (non-hydrogen) atoms. The standard InChI is InChI=1S/C28H29BrClN3O4/c1-17(2)25(32-27(34)21-9-11-22(30)12-10-21)28(35)33-31-15-20-13-23(29)26(24(14-20)36-4)37-16-19-7-5-18(3)6-8-19/h5-15,17,25H,16H2,1-4H3,(H,32,34)(H,33,35). The van der Waals surface area contributed by atoms with Gasteiger partial charge in [-0.2, -0.15) is 5.10 Å². The number of carbonyl (C=O) groups excluding carboxylic acids is 2. The maximum absolute atomic E-state index is 12.8. The van der Waals surface area contributed by atoms with E-state index in [9.17, 15) is 9.59 Å². The first-order valence-electron chi connectivity index (χ1n) is 11.6. The summed E-state index contributed by atoms with van der Waals surface area (Å²) < 4.78 is 12.2. The highest BCUT2D eigenvalue weighted by molar-refractivity contribution is 9.10. The minimum absolute atomic E-state index is 0.161. The summed E-state index contributed by atoms with van der Waals surface area (Å²) in [5, 5.41) is 7.35. The lowest BCUT2D eigenvalue weighted by molar-refractivity contribution is -0.123. The van der Waals surface area contributed by atoms with Crippen molar-refractivity contribution in [2.24, 2.45) is 11.0 Å². The average Bonchev–Trinajstić information content (AvgIpc) is 2.87. The van der Waals surface area contributed by atoms with Crippen LogP contribution in [-0.2, 0) is 11.4 Å². The van der Waals surface area contributed by atoms with Crippen LogP contribution < -0.4 is 20.2 Å². The van der Waals surface area contributed by atoms with Crippen LogP contribution in [0.4, 0.5) is 0 Å². The van der Waals surface area contributed by atoms with Crippen molar-refractivity contribution >= 4 is 45.6 Å². The Bertz CT molecular complexity index is 1260. The summed E-state index contributed by atoms with van der Waals surface area (Å²) >= 11 is 9.42. The van der Waals surface area contributed by atoms with Gasteiger partial charge in [-0.3, -0.25) is 9.59 Å². The lowest BCUT2D eigenvalue weighted by atomic mass is 10.0. The van der Waals surface area contributed by atoms with Gasteiger partial charge >= 0.3 is 0 Å². The molecule has 3 rings (SSSR count). The Morgan fingerprint density at radius 1 is 1.08 bits per heavy atom. The number of halogens is 2. The number of carbonyl (C=O) groups is 2. The van der Waals surface area contributed by atoms with Gasteiger partial charge in [-0.25, -0.2) is 5.43 Å². The van der Waals surface area contributed by atoms with Crippen molar-refractivity contribution in [1.82, 2.24) is 10.7 Å². The number of nitrogens with zero attached hydrogens (tertiary/aromatic N) is 1. The van der Waals surface area contributed by atoms with E-state index in [4.69, 9.17) is 21.1 Å². The fourth-order valence-corrected chi connectivity index (χ4v) is 4.10. The number of hydrazone groups is 1. The molecule has 0 spiro atoms. The summed E-state index contributed by atoms with van der Waals surface area (Å²) in [4.78, 5) is 25.3. The normalized spacial score (nSPS) is 11.9. The van der Waals surface area contributed by atoms with Crippen LogP contribution in [0.3, 0.4) is 0 Å². The number of benzene rings is 3. The third-order valence-corrected chi connectivity index (χ3v) is 6.33. The first-order chi connectivity index (χ1) is 17.7. The largest absolute Gasteiger partial charge is 0.493 e. The van der Waals surface area contributed by atoms with Crippen molar-refractivity contribution in [3.63, 3.8) is 0 Å². The van der Waals surface area contributed by atoms with Crippen molar-refractivity contribution in [3.05, 3.63) is 92.4 Å². The third-order valence-electron chi connectivity index (χ3n) is 5.49. The van der Waals surface area contributed by atoms with Crippen LogP contribution in [0, 0.1) is 12.8 Å². The Labute approximate surface area is 230 Å². The molecule has 0 aliphatic carbocycles. The molecule has 2 amide bonds. The summed E-state index contributed by atoms with van der Waals surface area (Å²) in [5.41, 5.74) is 5.82. The van der Waals surface area contributed by atoms with Gasteiger partial charge in [-0.1, -0.05) is 55.3 Å². The van der Waals surface area contributed by atoms with E-state index in [-0.39, 0.29) is 11.8 Å². The van der Waals surface area contributed by atoms with Gasteiger partial charge in [0.15, 0.2) is 11.5 Å². The summed E-state index contributed by atoms with van der Waals surface area (Å²) in [7, 11) is 1.56. The molecule has 0 fully saturated rings. The van der Waals surface area contributed by atoms with Crippen molar-refractivity contribution in [3.8, 4) is 11.5 Å². The van der Waals surface area contributed by atoms with E-state index < -0.39 is 11.9 Å². The van der Waals surface area contributed by atoms with Crippen molar-refractivity contribution in [2.45, 2.75) is 33.4 Å². The fourth-order valence-electron chi connectivity index (χ4n) is 3.39. The lowest BCUT2D eigenvalue weighted by Gasteiger charge is -2.20. The lowest BCUT2D eigenvalue weighted by Crippen LogP contribution is -2.48. The molecule has 3 aromatic rings. The molecule has 194 valence electrons. The quantitative estimate of drug-likeness (QED) is 0.229. The van der Waals surface area contributed by atoms with Gasteiger partial charge in [0.2, 0.25) is 0 Å². The van der Waals surface area contributed by atoms with Gasteiger partial charge in [-0.15, -0.1) is 0 Å². The zero-order valence-electron chi connectivity index (χ0n) is 21.0. The maximum Gasteiger partial charge on any atom is 0.262 e. The van der Waals surface area contributed by atoms with E-state index in [0.29, 0.717) is 38.7 Å². The zero-order valence-corrected chi connectivity index (χ0v) is 23.4. The van der Waals surface area contributed by atoms with Crippen molar-refractivity contribution in [1.29, 1.82) is 0 Å². The zero-order chi connectivity index (χ0) is 26.9. The van der Waals surface area contributed by atoms with Gasteiger partial charge in [0.25, 0.3) is 11.8 Å². The minimum Gasteiger partial charge on any atom is -0.493 e. The molecule has 0 heterocycles. The smallest absolute Gasteiger partial charge is 0.262 e. The summed E-state index contributed by atoms with van der Waals surface area (Å²) in [6.45, 7) is 6.10. The van der Waals surface area contributed by atoms with Crippen LogP contribution in [0.5, 0.6) is 11.5 Å². The minimum atomic E-state index is -0.779. The number of hydrogen-bond donors (Lipinski definition) is 2. The van der Waals surface area contributed by atoms with Gasteiger partial charge < -0.3 is 14.8 Å². The van der Waals surface area contributed by atoms with Gasteiger partial charge in [0.05, 0.1) is 17.8 Å². The molecule has 9 heteroatoms. The first kappa shape index (κ1) is 28.2. The molecule has 1 atom stereocenters. The van der Waals surface area contributed by atoms with Crippen LogP contribution in [0.25, 0.3) is 0 Å². The Kier molecular flexibility index (Phi) is 10.1.